The first kappa shape index (κ1) is 83.5. The average Bonchev–Trinajstić information content (AvgIpc) is 3.66. The first-order valence-corrected chi connectivity index (χ1v) is 37.4. The number of phosphoric ester groups is 2. The van der Waals surface area contributed by atoms with Gasteiger partial charge in [-0.25, -0.2) is 9.13 Å². The van der Waals surface area contributed by atoms with Gasteiger partial charge in [-0.3, -0.25) is 37.3 Å². The summed E-state index contributed by atoms with van der Waals surface area (Å²) in [5.41, 5.74) is 0. The monoisotopic (exact) mass is 1260 g/mol. The number of unbranched alkanes of at least 4 members (excludes halogenated alkanes) is 34. The minimum atomic E-state index is -4.96. The van der Waals surface area contributed by atoms with Crippen LogP contribution in [0.15, 0.2) is 24.3 Å². The maximum atomic E-state index is 13.0. The zero-order chi connectivity index (χ0) is 63.5. The number of carbonyl (C=O) groups excluding carboxylic acids is 4. The highest BCUT2D eigenvalue weighted by atomic mass is 31.2. The van der Waals surface area contributed by atoms with E-state index in [1.165, 1.54) is 122 Å². The molecule has 0 aromatic carbocycles. The van der Waals surface area contributed by atoms with Crippen molar-refractivity contribution in [2.24, 2.45) is 5.92 Å². The van der Waals surface area contributed by atoms with Gasteiger partial charge in [0.15, 0.2) is 12.2 Å². The molecular formula is C67H126O17P2. The molecule has 0 saturated heterocycles. The van der Waals surface area contributed by atoms with E-state index in [-0.39, 0.29) is 25.7 Å². The van der Waals surface area contributed by atoms with Crippen molar-refractivity contribution in [1.29, 1.82) is 0 Å². The molecule has 17 nitrogen and oxygen atoms in total. The summed E-state index contributed by atoms with van der Waals surface area (Å²) in [5, 5.41) is 10.5. The van der Waals surface area contributed by atoms with Crippen LogP contribution in [-0.4, -0.2) is 96.7 Å². The average molecular weight is 1270 g/mol. The van der Waals surface area contributed by atoms with Gasteiger partial charge in [0.25, 0.3) is 0 Å². The second-order valence-electron chi connectivity index (χ2n) is 24.0. The molecule has 2 unspecified atom stereocenters. The predicted molar refractivity (Wildman–Crippen MR) is 344 cm³/mol. The Balaban J connectivity index is 5.26. The number of carbonyl (C=O) groups is 4. The molecule has 0 rings (SSSR count). The van der Waals surface area contributed by atoms with Crippen LogP contribution in [0.2, 0.25) is 0 Å². The van der Waals surface area contributed by atoms with Crippen molar-refractivity contribution < 1.29 is 80.2 Å². The van der Waals surface area contributed by atoms with Crippen molar-refractivity contribution in [1.82, 2.24) is 0 Å². The molecule has 3 N–H and O–H groups in total. The fourth-order valence-corrected chi connectivity index (χ4v) is 11.2. The molecule has 506 valence electrons. The van der Waals surface area contributed by atoms with Gasteiger partial charge in [-0.1, -0.05) is 264 Å². The lowest BCUT2D eigenvalue weighted by Gasteiger charge is -2.21. The van der Waals surface area contributed by atoms with E-state index in [4.69, 9.17) is 37.0 Å². The molecule has 0 bridgehead atoms. The van der Waals surface area contributed by atoms with E-state index in [9.17, 15) is 43.2 Å². The van der Waals surface area contributed by atoms with Crippen LogP contribution >= 0.6 is 15.6 Å². The summed E-state index contributed by atoms with van der Waals surface area (Å²) in [6.45, 7) is 7.06. The van der Waals surface area contributed by atoms with Crippen molar-refractivity contribution in [2.45, 2.75) is 335 Å². The molecule has 0 saturated carbocycles. The molecule has 0 aromatic rings. The van der Waals surface area contributed by atoms with E-state index in [0.29, 0.717) is 31.6 Å². The Morgan fingerprint density at radius 2 is 0.628 bits per heavy atom. The molecule has 0 aliphatic rings. The molecule has 0 spiro atoms. The van der Waals surface area contributed by atoms with E-state index < -0.39 is 97.5 Å². The number of hydrogen-bond donors (Lipinski definition) is 3. The third-order valence-electron chi connectivity index (χ3n) is 14.9. The third kappa shape index (κ3) is 60.5. The maximum Gasteiger partial charge on any atom is 0.472 e. The number of phosphoric acid groups is 2. The number of hydrogen-bond acceptors (Lipinski definition) is 15. The van der Waals surface area contributed by atoms with Crippen LogP contribution < -0.4 is 0 Å². The smallest absolute Gasteiger partial charge is 0.462 e. The molecule has 0 aliphatic carbocycles. The summed E-state index contributed by atoms with van der Waals surface area (Å²) in [6.07, 6.45) is 48.1. The molecule has 0 fully saturated rings. The van der Waals surface area contributed by atoms with E-state index >= 15 is 0 Å². The fraction of sp³-hybridized carbons (Fsp3) is 0.881. The van der Waals surface area contributed by atoms with Gasteiger partial charge in [0.1, 0.15) is 19.3 Å². The van der Waals surface area contributed by atoms with E-state index in [2.05, 4.69) is 58.9 Å². The first-order valence-electron chi connectivity index (χ1n) is 34.5. The lowest BCUT2D eigenvalue weighted by atomic mass is 10.0. The van der Waals surface area contributed by atoms with Crippen LogP contribution in [-0.2, 0) is 65.4 Å². The van der Waals surface area contributed by atoms with E-state index in [1.54, 1.807) is 0 Å². The molecule has 0 radical (unpaired) electrons. The van der Waals surface area contributed by atoms with Crippen molar-refractivity contribution >= 4 is 39.5 Å². The molecular weight excluding hydrogens is 1140 g/mol. The Morgan fingerprint density at radius 1 is 0.360 bits per heavy atom. The second kappa shape index (κ2) is 60.1. The van der Waals surface area contributed by atoms with Crippen molar-refractivity contribution in [3.63, 3.8) is 0 Å². The Labute approximate surface area is 522 Å². The lowest BCUT2D eigenvalue weighted by Crippen LogP contribution is -2.30. The Kier molecular flexibility index (Phi) is 58.4. The molecule has 0 heterocycles. The van der Waals surface area contributed by atoms with Gasteiger partial charge in [0.2, 0.25) is 0 Å². The maximum absolute atomic E-state index is 13.0. The summed E-state index contributed by atoms with van der Waals surface area (Å²) < 4.78 is 68.0. The van der Waals surface area contributed by atoms with Crippen molar-refractivity contribution in [3.8, 4) is 0 Å². The molecule has 0 aliphatic heterocycles. The normalized spacial score (nSPS) is 14.3. The summed E-state index contributed by atoms with van der Waals surface area (Å²) in [6, 6.07) is 0. The van der Waals surface area contributed by atoms with Gasteiger partial charge in [-0.15, -0.1) is 0 Å². The van der Waals surface area contributed by atoms with Crippen LogP contribution in [0.1, 0.15) is 317 Å². The number of esters is 4. The minimum absolute atomic E-state index is 0.0853. The highest BCUT2D eigenvalue weighted by Gasteiger charge is 2.30. The van der Waals surface area contributed by atoms with Gasteiger partial charge in [0, 0.05) is 25.7 Å². The van der Waals surface area contributed by atoms with Gasteiger partial charge < -0.3 is 33.8 Å². The standard InChI is InChI=1S/C67H126O17P2/c1-6-9-12-15-18-21-23-25-26-28-30-32-37-42-47-52-66(71)83-62(57-78-65(70)51-46-41-36-31-29-27-24-22-19-16-13-10-7-2)58-81-85(73,74)79-54-61(68)55-80-86(75,76)82-59-63(56-77-64(69)50-45-40-35-20-17-14-11-8-3)84-67(72)53-48-43-38-33-34-39-44-49-60(4)5/h21,23,25-26,60-63,68H,6-20,22,24,27-59H2,1-5H3,(H,73,74)(H,75,76)/b23-21-,26-25-/t61-,62-,63-/m1/s1. The van der Waals surface area contributed by atoms with Crippen LogP contribution in [0, 0.1) is 5.92 Å². The highest BCUT2D eigenvalue weighted by molar-refractivity contribution is 7.47. The van der Waals surface area contributed by atoms with Gasteiger partial charge >= 0.3 is 39.5 Å². The Bertz CT molecular complexity index is 1760. The molecule has 0 amide bonds. The minimum Gasteiger partial charge on any atom is -0.462 e. The Morgan fingerprint density at radius 3 is 0.953 bits per heavy atom. The zero-order valence-corrected chi connectivity index (χ0v) is 56.7. The molecule has 0 aromatic heterocycles. The quantitative estimate of drug-likeness (QED) is 0.0169. The Hall–Kier alpha value is -2.46. The van der Waals surface area contributed by atoms with Gasteiger partial charge in [-0.2, -0.15) is 0 Å². The van der Waals surface area contributed by atoms with Crippen LogP contribution in [0.25, 0.3) is 0 Å². The first-order chi connectivity index (χ1) is 41.5. The number of rotatable bonds is 65. The van der Waals surface area contributed by atoms with E-state index in [1.807, 2.05) is 0 Å². The molecule has 86 heavy (non-hydrogen) atoms. The van der Waals surface area contributed by atoms with Crippen LogP contribution in [0.3, 0.4) is 0 Å². The second-order valence-corrected chi connectivity index (χ2v) is 26.9. The highest BCUT2D eigenvalue weighted by Crippen LogP contribution is 2.45. The number of aliphatic hydroxyl groups excluding tert-OH is 1. The topological polar surface area (TPSA) is 237 Å². The summed E-state index contributed by atoms with van der Waals surface area (Å²) in [4.78, 5) is 72.3. The van der Waals surface area contributed by atoms with Gasteiger partial charge in [0.05, 0.1) is 26.4 Å². The van der Waals surface area contributed by atoms with Crippen molar-refractivity contribution in [2.75, 3.05) is 39.6 Å². The van der Waals surface area contributed by atoms with E-state index in [0.717, 1.165) is 109 Å². The van der Waals surface area contributed by atoms with Crippen LogP contribution in [0.4, 0.5) is 0 Å². The zero-order valence-electron chi connectivity index (χ0n) is 54.9. The fourth-order valence-electron chi connectivity index (χ4n) is 9.57. The van der Waals surface area contributed by atoms with Gasteiger partial charge in [-0.05, 0) is 57.3 Å². The summed E-state index contributed by atoms with van der Waals surface area (Å²) in [7, 11) is -9.90. The van der Waals surface area contributed by atoms with Crippen LogP contribution in [0.5, 0.6) is 0 Å². The van der Waals surface area contributed by atoms with Crippen molar-refractivity contribution in [3.05, 3.63) is 24.3 Å². The number of allylic oxidation sites excluding steroid dienone is 4. The molecule has 19 heteroatoms. The number of aliphatic hydroxyl groups is 1. The summed E-state index contributed by atoms with van der Waals surface area (Å²) in [5.74, 6) is -1.47. The molecule has 5 atom stereocenters. The predicted octanol–water partition coefficient (Wildman–Crippen LogP) is 18.5. The number of ether oxygens (including phenoxy) is 4. The largest absolute Gasteiger partial charge is 0.472 e. The summed E-state index contributed by atoms with van der Waals surface area (Å²) >= 11 is 0. The SMILES string of the molecule is CCCCCC/C=C\C=C/CCCCCCCC(=O)O[C@H](COC(=O)CCCCCCCCCCCCCCC)COP(=O)(O)OC[C@@H](O)COP(=O)(O)OC[C@@H](COC(=O)CCCCCCCCCC)OC(=O)CCCCCCCCCC(C)C. The third-order valence-corrected chi connectivity index (χ3v) is 16.8. The lowest BCUT2D eigenvalue weighted by molar-refractivity contribution is -0.161.